The Morgan fingerprint density at radius 1 is 1.16 bits per heavy atom. The van der Waals surface area contributed by atoms with Gasteiger partial charge in [-0.05, 0) is 36.4 Å². The van der Waals surface area contributed by atoms with Crippen LogP contribution >= 0.6 is 34.7 Å². The second-order valence-corrected chi connectivity index (χ2v) is 7.64. The largest absolute Gasteiger partial charge is 0.455 e. The predicted octanol–water partition coefficient (Wildman–Crippen LogP) is 4.22. The van der Waals surface area contributed by atoms with Crippen molar-refractivity contribution in [2.24, 2.45) is 0 Å². The molecule has 2 aromatic carbocycles. The molecule has 1 amide bonds. The van der Waals surface area contributed by atoms with Crippen molar-refractivity contribution >= 4 is 62.5 Å². The monoisotopic (exact) mass is 392 g/mol. The Morgan fingerprint density at radius 2 is 1.92 bits per heavy atom. The summed E-state index contributed by atoms with van der Waals surface area (Å²) in [5.74, 6) is -0.759. The van der Waals surface area contributed by atoms with Crippen LogP contribution < -0.4 is 5.32 Å². The number of amides is 1. The summed E-state index contributed by atoms with van der Waals surface area (Å²) in [6, 6.07) is 14.4. The number of fused-ring (bicyclic) bond motifs is 1. The molecule has 0 atom stereocenters. The van der Waals surface area contributed by atoms with E-state index in [-0.39, 0.29) is 12.4 Å². The van der Waals surface area contributed by atoms with Gasteiger partial charge >= 0.3 is 5.97 Å². The minimum atomic E-state index is -0.462. The third kappa shape index (κ3) is 5.19. The minimum absolute atomic E-state index is 0.105. The first kappa shape index (κ1) is 17.7. The number of ether oxygens (including phenoxy) is 1. The molecule has 1 aromatic heterocycles. The van der Waals surface area contributed by atoms with Gasteiger partial charge in [0.05, 0.1) is 16.0 Å². The smallest absolute Gasteiger partial charge is 0.316 e. The van der Waals surface area contributed by atoms with E-state index in [0.717, 1.165) is 14.6 Å². The number of nitrogens with zero attached hydrogens (tertiary/aromatic N) is 1. The molecule has 25 heavy (non-hydrogen) atoms. The summed E-state index contributed by atoms with van der Waals surface area (Å²) in [7, 11) is 0. The summed E-state index contributed by atoms with van der Waals surface area (Å²) in [6.45, 7) is -0.331. The summed E-state index contributed by atoms with van der Waals surface area (Å²) in [5.41, 5.74) is 1.50. The zero-order chi connectivity index (χ0) is 17.6. The fourth-order valence-corrected chi connectivity index (χ4v) is 3.94. The Morgan fingerprint density at radius 3 is 2.68 bits per heavy atom. The molecule has 0 radical (unpaired) electrons. The van der Waals surface area contributed by atoms with Crippen molar-refractivity contribution in [3.63, 3.8) is 0 Å². The Bertz CT molecular complexity index is 863. The van der Waals surface area contributed by atoms with Gasteiger partial charge in [-0.15, -0.1) is 11.3 Å². The van der Waals surface area contributed by atoms with Crippen LogP contribution in [0.15, 0.2) is 52.9 Å². The summed E-state index contributed by atoms with van der Waals surface area (Å²) in [4.78, 5) is 28.0. The molecule has 128 valence electrons. The van der Waals surface area contributed by atoms with Crippen LogP contribution in [-0.4, -0.2) is 29.2 Å². The molecular formula is C17H13ClN2O3S2. The SMILES string of the molecule is O=C(COC(=O)CSc1nc2ccccc2s1)Nc1ccc(Cl)cc1. The molecule has 0 bridgehead atoms. The maximum absolute atomic E-state index is 11.8. The molecule has 0 saturated heterocycles. The van der Waals surface area contributed by atoms with Crippen molar-refractivity contribution in [1.82, 2.24) is 4.98 Å². The fourth-order valence-electron chi connectivity index (χ4n) is 1.95. The summed E-state index contributed by atoms with van der Waals surface area (Å²) >= 11 is 8.59. The van der Waals surface area contributed by atoms with E-state index in [1.807, 2.05) is 24.3 Å². The van der Waals surface area contributed by atoms with Crippen LogP contribution in [0.25, 0.3) is 10.2 Å². The highest BCUT2D eigenvalue weighted by atomic mass is 35.5. The van der Waals surface area contributed by atoms with E-state index in [9.17, 15) is 9.59 Å². The number of hydrogen-bond acceptors (Lipinski definition) is 6. The second kappa shape index (κ2) is 8.33. The van der Waals surface area contributed by atoms with E-state index in [2.05, 4.69) is 10.3 Å². The van der Waals surface area contributed by atoms with Crippen LogP contribution in [0.3, 0.4) is 0 Å². The van der Waals surface area contributed by atoms with Crippen LogP contribution in [0.2, 0.25) is 5.02 Å². The average Bonchev–Trinajstić information content (AvgIpc) is 3.03. The number of esters is 1. The Kier molecular flexibility index (Phi) is 5.91. The first-order valence-electron chi connectivity index (χ1n) is 7.29. The molecule has 0 spiro atoms. The van der Waals surface area contributed by atoms with Crippen LogP contribution in [0.4, 0.5) is 5.69 Å². The number of nitrogens with one attached hydrogen (secondary N) is 1. The molecule has 0 saturated carbocycles. The van der Waals surface area contributed by atoms with Gasteiger partial charge in [0.15, 0.2) is 10.9 Å². The molecule has 3 aromatic rings. The second-order valence-electron chi connectivity index (χ2n) is 4.95. The number of halogens is 1. The summed E-state index contributed by atoms with van der Waals surface area (Å²) in [6.07, 6.45) is 0. The van der Waals surface area contributed by atoms with E-state index in [1.54, 1.807) is 24.3 Å². The Hall–Kier alpha value is -2.09. The number of carbonyl (C=O) groups is 2. The van der Waals surface area contributed by atoms with Crippen molar-refractivity contribution in [2.45, 2.75) is 4.34 Å². The molecule has 0 aliphatic heterocycles. The molecule has 8 heteroatoms. The number of rotatable bonds is 6. The van der Waals surface area contributed by atoms with E-state index < -0.39 is 11.9 Å². The molecule has 1 N–H and O–H groups in total. The number of thiazole rings is 1. The molecular weight excluding hydrogens is 380 g/mol. The zero-order valence-corrected chi connectivity index (χ0v) is 15.3. The van der Waals surface area contributed by atoms with Gasteiger partial charge < -0.3 is 10.1 Å². The number of aromatic nitrogens is 1. The first-order valence-corrected chi connectivity index (χ1v) is 9.47. The number of hydrogen-bond donors (Lipinski definition) is 1. The molecule has 0 aliphatic rings. The number of anilines is 1. The molecule has 0 aliphatic carbocycles. The summed E-state index contributed by atoms with van der Waals surface area (Å²) in [5, 5.41) is 3.20. The molecule has 0 unspecified atom stereocenters. The molecule has 3 rings (SSSR count). The maximum atomic E-state index is 11.8. The predicted molar refractivity (Wildman–Crippen MR) is 101 cm³/mol. The van der Waals surface area contributed by atoms with Crippen molar-refractivity contribution in [1.29, 1.82) is 0 Å². The van der Waals surface area contributed by atoms with Crippen molar-refractivity contribution in [3.8, 4) is 0 Å². The normalized spacial score (nSPS) is 10.6. The van der Waals surface area contributed by atoms with Gasteiger partial charge in [0.1, 0.15) is 0 Å². The number of benzene rings is 2. The lowest BCUT2D eigenvalue weighted by Crippen LogP contribution is -2.21. The Balaban J connectivity index is 1.43. The van der Waals surface area contributed by atoms with Crippen LogP contribution in [0.5, 0.6) is 0 Å². The standard InChI is InChI=1S/C17H13ClN2O3S2/c18-11-5-7-12(8-6-11)19-15(21)9-23-16(22)10-24-17-20-13-3-1-2-4-14(13)25-17/h1-8H,9-10H2,(H,19,21). The highest BCUT2D eigenvalue weighted by Gasteiger charge is 2.11. The number of thioether (sulfide) groups is 1. The highest BCUT2D eigenvalue weighted by Crippen LogP contribution is 2.29. The third-order valence-corrected chi connectivity index (χ3v) is 5.48. The topological polar surface area (TPSA) is 68.3 Å². The van der Waals surface area contributed by atoms with Crippen molar-refractivity contribution in [3.05, 3.63) is 53.6 Å². The fraction of sp³-hybridized carbons (Fsp3) is 0.118. The first-order chi connectivity index (χ1) is 12.1. The van der Waals surface area contributed by atoms with Gasteiger partial charge in [-0.1, -0.05) is 35.5 Å². The van der Waals surface area contributed by atoms with Crippen LogP contribution in [0.1, 0.15) is 0 Å². The average molecular weight is 393 g/mol. The van der Waals surface area contributed by atoms with E-state index in [4.69, 9.17) is 16.3 Å². The van der Waals surface area contributed by atoms with E-state index >= 15 is 0 Å². The van der Waals surface area contributed by atoms with Crippen molar-refractivity contribution in [2.75, 3.05) is 17.7 Å². The molecule has 5 nitrogen and oxygen atoms in total. The van der Waals surface area contributed by atoms with Crippen LogP contribution in [-0.2, 0) is 14.3 Å². The maximum Gasteiger partial charge on any atom is 0.316 e. The van der Waals surface area contributed by atoms with Gasteiger partial charge in [0.25, 0.3) is 5.91 Å². The van der Waals surface area contributed by atoms with Gasteiger partial charge in [-0.25, -0.2) is 4.98 Å². The number of para-hydroxylation sites is 1. The van der Waals surface area contributed by atoms with Gasteiger partial charge in [-0.2, -0.15) is 0 Å². The Labute approximate surface area is 157 Å². The van der Waals surface area contributed by atoms with Gasteiger partial charge in [0.2, 0.25) is 0 Å². The molecule has 0 fully saturated rings. The number of carbonyl (C=O) groups excluding carboxylic acids is 2. The van der Waals surface area contributed by atoms with Crippen molar-refractivity contribution < 1.29 is 14.3 Å². The van der Waals surface area contributed by atoms with Gasteiger partial charge in [0, 0.05) is 10.7 Å². The minimum Gasteiger partial charge on any atom is -0.455 e. The third-order valence-electron chi connectivity index (χ3n) is 3.08. The molecule has 1 heterocycles. The quantitative estimate of drug-likeness (QED) is 0.502. The lowest BCUT2D eigenvalue weighted by molar-refractivity contribution is -0.144. The van der Waals surface area contributed by atoms with Crippen LogP contribution in [0, 0.1) is 0 Å². The summed E-state index contributed by atoms with van der Waals surface area (Å²) < 4.78 is 6.84. The lowest BCUT2D eigenvalue weighted by atomic mass is 10.3. The van der Waals surface area contributed by atoms with Gasteiger partial charge in [-0.3, -0.25) is 9.59 Å². The zero-order valence-electron chi connectivity index (χ0n) is 12.9. The van der Waals surface area contributed by atoms with E-state index in [1.165, 1.54) is 23.1 Å². The lowest BCUT2D eigenvalue weighted by Gasteiger charge is -2.06. The van der Waals surface area contributed by atoms with E-state index in [0.29, 0.717) is 10.7 Å². The highest BCUT2D eigenvalue weighted by molar-refractivity contribution is 8.01.